The zero-order chi connectivity index (χ0) is 11.4. The minimum absolute atomic E-state index is 0.301. The number of nitrogens with zero attached hydrogens (tertiary/aromatic N) is 1. The average Bonchev–Trinajstić information content (AvgIpc) is 1.98. The van der Waals surface area contributed by atoms with Crippen LogP contribution in [-0.4, -0.2) is 47.6 Å². The molecular weight excluding hydrogens is 196 g/mol. The van der Waals surface area contributed by atoms with Crippen molar-refractivity contribution >= 4 is 11.9 Å². The summed E-state index contributed by atoms with van der Waals surface area (Å²) in [6, 6.07) is -0.311. The molecule has 0 aromatic heterocycles. The van der Waals surface area contributed by atoms with Crippen molar-refractivity contribution in [2.75, 3.05) is 13.6 Å². The second kappa shape index (κ2) is 5.11. The summed E-state index contributed by atoms with van der Waals surface area (Å²) in [4.78, 5) is 23.7. The molecule has 0 aliphatic heterocycles. The number of nitrogens with one attached hydrogen (secondary N) is 1. The molecule has 1 unspecified atom stereocenters. The number of amides is 1. The van der Waals surface area contributed by atoms with Crippen LogP contribution in [0, 0.1) is 0 Å². The lowest BCUT2D eigenvalue weighted by molar-refractivity contribution is -0.142. The van der Waals surface area contributed by atoms with E-state index in [4.69, 9.17) is 5.11 Å². The Morgan fingerprint density at radius 3 is 2.47 bits per heavy atom. The minimum Gasteiger partial charge on any atom is -0.480 e. The molecule has 1 amide bonds. The van der Waals surface area contributed by atoms with Crippen LogP contribution in [-0.2, 0) is 9.59 Å². The van der Waals surface area contributed by atoms with E-state index in [0.29, 0.717) is 12.6 Å². The quantitative estimate of drug-likeness (QED) is 0.679. The lowest BCUT2D eigenvalue weighted by atomic mass is 9.91. The molecule has 0 radical (unpaired) electrons. The van der Waals surface area contributed by atoms with Gasteiger partial charge in [-0.15, -0.1) is 0 Å². The number of carboxylic acid groups (broad SMARTS) is 1. The topological polar surface area (TPSA) is 69.6 Å². The molecule has 1 aliphatic carbocycles. The predicted molar refractivity (Wildman–Crippen MR) is 55.5 cm³/mol. The van der Waals surface area contributed by atoms with Crippen molar-refractivity contribution in [1.29, 1.82) is 0 Å². The first-order valence-electron chi connectivity index (χ1n) is 5.21. The molecule has 0 bridgehead atoms. The molecule has 86 valence electrons. The molecule has 0 spiro atoms. The van der Waals surface area contributed by atoms with Gasteiger partial charge in [0.25, 0.3) is 0 Å². The average molecular weight is 214 g/mol. The number of rotatable bonds is 5. The first kappa shape index (κ1) is 12.0. The monoisotopic (exact) mass is 214 g/mol. The van der Waals surface area contributed by atoms with Gasteiger partial charge < -0.3 is 15.3 Å². The molecule has 1 atom stereocenters. The van der Waals surface area contributed by atoms with Crippen molar-refractivity contribution in [1.82, 2.24) is 10.2 Å². The molecule has 0 heterocycles. The normalized spacial score (nSPS) is 18.3. The van der Waals surface area contributed by atoms with E-state index in [1.54, 1.807) is 0 Å². The van der Waals surface area contributed by atoms with E-state index >= 15 is 0 Å². The van der Waals surface area contributed by atoms with Crippen LogP contribution < -0.4 is 5.32 Å². The zero-order valence-electron chi connectivity index (χ0n) is 9.19. The molecule has 0 aromatic rings. The number of carbonyl (C=O) groups is 2. The predicted octanol–water partition coefficient (Wildman–Crippen LogP) is 0.0600. The van der Waals surface area contributed by atoms with E-state index in [1.807, 2.05) is 11.9 Å². The fourth-order valence-electron chi connectivity index (χ4n) is 1.70. The molecule has 1 saturated carbocycles. The van der Waals surface area contributed by atoms with E-state index < -0.39 is 12.0 Å². The molecule has 1 rings (SSSR count). The van der Waals surface area contributed by atoms with Crippen LogP contribution in [0.5, 0.6) is 0 Å². The van der Waals surface area contributed by atoms with E-state index in [1.165, 1.54) is 13.3 Å². The molecular formula is C10H18N2O3. The maximum absolute atomic E-state index is 10.9. The van der Waals surface area contributed by atoms with Crippen LogP contribution in [0.25, 0.3) is 0 Å². The Labute approximate surface area is 89.4 Å². The molecule has 0 saturated heterocycles. The van der Waals surface area contributed by atoms with Crippen LogP contribution in [0.1, 0.15) is 26.2 Å². The lowest BCUT2D eigenvalue weighted by Gasteiger charge is -2.36. The Bertz CT molecular complexity index is 251. The van der Waals surface area contributed by atoms with Crippen LogP contribution in [0.15, 0.2) is 0 Å². The fourth-order valence-corrected chi connectivity index (χ4v) is 1.70. The summed E-state index contributed by atoms with van der Waals surface area (Å²) in [6.07, 6.45) is 3.47. The summed E-state index contributed by atoms with van der Waals surface area (Å²) in [5, 5.41) is 11.3. The van der Waals surface area contributed by atoms with E-state index in [0.717, 1.165) is 12.8 Å². The van der Waals surface area contributed by atoms with E-state index in [9.17, 15) is 9.59 Å². The molecule has 5 heteroatoms. The van der Waals surface area contributed by atoms with Gasteiger partial charge in [-0.2, -0.15) is 0 Å². The van der Waals surface area contributed by atoms with Gasteiger partial charge in [0.1, 0.15) is 6.04 Å². The van der Waals surface area contributed by atoms with E-state index in [2.05, 4.69) is 5.32 Å². The summed E-state index contributed by atoms with van der Waals surface area (Å²) < 4.78 is 0. The van der Waals surface area contributed by atoms with Gasteiger partial charge in [0.05, 0.1) is 0 Å². The third-order valence-corrected chi connectivity index (χ3v) is 2.84. The summed E-state index contributed by atoms with van der Waals surface area (Å²) in [5.74, 6) is -1.28. The highest BCUT2D eigenvalue weighted by Gasteiger charge is 2.27. The maximum atomic E-state index is 10.9. The lowest BCUT2D eigenvalue weighted by Crippen LogP contribution is -2.50. The van der Waals surface area contributed by atoms with Gasteiger partial charge in [-0.25, -0.2) is 4.79 Å². The summed E-state index contributed by atoms with van der Waals surface area (Å²) in [6.45, 7) is 1.71. The van der Waals surface area contributed by atoms with Crippen LogP contribution >= 0.6 is 0 Å². The van der Waals surface area contributed by atoms with Crippen molar-refractivity contribution in [2.24, 2.45) is 0 Å². The SMILES string of the molecule is CC(=O)NC(CN(C)C1CCC1)C(=O)O. The van der Waals surface area contributed by atoms with Crippen molar-refractivity contribution < 1.29 is 14.7 Å². The second-order valence-electron chi connectivity index (χ2n) is 4.12. The van der Waals surface area contributed by atoms with Crippen LogP contribution in [0.4, 0.5) is 0 Å². The number of carbonyl (C=O) groups excluding carboxylic acids is 1. The smallest absolute Gasteiger partial charge is 0.327 e. The number of aliphatic carboxylic acids is 1. The maximum Gasteiger partial charge on any atom is 0.327 e. The molecule has 2 N–H and O–H groups in total. The number of hydrogen-bond acceptors (Lipinski definition) is 3. The molecule has 5 nitrogen and oxygen atoms in total. The van der Waals surface area contributed by atoms with Gasteiger partial charge in [0.2, 0.25) is 5.91 Å². The molecule has 1 aliphatic rings. The van der Waals surface area contributed by atoms with Crippen molar-refractivity contribution in [3.8, 4) is 0 Å². The number of likely N-dealkylation sites (N-methyl/N-ethyl adjacent to an activating group) is 1. The van der Waals surface area contributed by atoms with Crippen LogP contribution in [0.3, 0.4) is 0 Å². The van der Waals surface area contributed by atoms with Crippen molar-refractivity contribution in [3.63, 3.8) is 0 Å². The largest absolute Gasteiger partial charge is 0.480 e. The Morgan fingerprint density at radius 2 is 2.13 bits per heavy atom. The Morgan fingerprint density at radius 1 is 1.53 bits per heavy atom. The van der Waals surface area contributed by atoms with Gasteiger partial charge in [-0.3, -0.25) is 4.79 Å². The fraction of sp³-hybridized carbons (Fsp3) is 0.800. The third-order valence-electron chi connectivity index (χ3n) is 2.84. The number of carboxylic acids is 1. The Balaban J connectivity index is 2.42. The first-order valence-corrected chi connectivity index (χ1v) is 5.21. The van der Waals surface area contributed by atoms with Gasteiger partial charge in [-0.1, -0.05) is 6.42 Å². The summed E-state index contributed by atoms with van der Waals surface area (Å²) in [7, 11) is 1.90. The van der Waals surface area contributed by atoms with Gasteiger partial charge in [0.15, 0.2) is 0 Å². The third kappa shape index (κ3) is 3.51. The molecule has 15 heavy (non-hydrogen) atoms. The highest BCUT2D eigenvalue weighted by atomic mass is 16.4. The first-order chi connectivity index (χ1) is 7.00. The molecule has 1 fully saturated rings. The summed E-state index contributed by atoms with van der Waals surface area (Å²) >= 11 is 0. The Kier molecular flexibility index (Phi) is 4.08. The summed E-state index contributed by atoms with van der Waals surface area (Å²) in [5.41, 5.74) is 0. The number of hydrogen-bond donors (Lipinski definition) is 2. The Hall–Kier alpha value is -1.10. The highest BCUT2D eigenvalue weighted by molar-refractivity contribution is 5.82. The molecule has 0 aromatic carbocycles. The van der Waals surface area contributed by atoms with Crippen molar-refractivity contribution in [2.45, 2.75) is 38.3 Å². The van der Waals surface area contributed by atoms with Gasteiger partial charge >= 0.3 is 5.97 Å². The second-order valence-corrected chi connectivity index (χ2v) is 4.12. The highest BCUT2D eigenvalue weighted by Crippen LogP contribution is 2.23. The van der Waals surface area contributed by atoms with Gasteiger partial charge in [-0.05, 0) is 19.9 Å². The van der Waals surface area contributed by atoms with Gasteiger partial charge in [0, 0.05) is 19.5 Å². The van der Waals surface area contributed by atoms with Crippen molar-refractivity contribution in [3.05, 3.63) is 0 Å². The van der Waals surface area contributed by atoms with Crippen LogP contribution in [0.2, 0.25) is 0 Å². The zero-order valence-corrected chi connectivity index (χ0v) is 9.19. The minimum atomic E-state index is -0.976. The standard InChI is InChI=1S/C10H18N2O3/c1-7(13)11-9(10(14)15)6-12(2)8-4-3-5-8/h8-9H,3-6H2,1-2H3,(H,11,13)(H,14,15). The van der Waals surface area contributed by atoms with E-state index in [-0.39, 0.29) is 5.91 Å².